The molecule has 12 heterocycles. The Kier molecular flexibility index (Phi) is 22.2. The molecule has 18 rings (SSSR count). The van der Waals surface area contributed by atoms with Crippen molar-refractivity contribution >= 4 is 17.7 Å². The Morgan fingerprint density at radius 3 is 1.11 bits per heavy atom. The predicted molar refractivity (Wildman–Crippen MR) is 434 cm³/mol. The Bertz CT molecular complexity index is 5830. The minimum Gasteiger partial charge on any atom is -0.502 e. The van der Waals surface area contributed by atoms with Crippen molar-refractivity contribution in [3.05, 3.63) is 226 Å². The summed E-state index contributed by atoms with van der Waals surface area (Å²) in [7, 11) is 3.30. The third kappa shape index (κ3) is 16.1. The molecule has 0 spiro atoms. The summed E-state index contributed by atoms with van der Waals surface area (Å²) in [6.07, 6.45) is 19.0. The molecule has 3 aromatic carbocycles. The molecule has 6 aliphatic heterocycles. The molecule has 6 unspecified atom stereocenters. The first-order valence-corrected chi connectivity index (χ1v) is 40.1. The standard InChI is InChI=1S/2C31H31N5O4.C29H27N5O4/c1-30(12-7-13-30)15-11-23-22(10-14-31(2)19-40-20-31)17-35(33-23)26(21-8-5-4-6-9-21)24-18-34(3)29(39)27-28(38)25(37)16-32-36(24)27;1-20(2)34-17-26(36-29(31(34)39)30(38)27(37)15-32-36)28(23-9-4-3-5-10-23)35-16-24(13-11-22-18-40-19-22)25(33-35)14-12-21-7-6-8-21;1-32-16-24(34-27(29(32)37)28(36)25(35)14-30-34)26(21-8-3-2-4-9-21)33-15-22(12-10-20-17-38-18-20)23(31-33)13-11-19-6-5-7-19/h4-6,8-9,16-17,24,26,38H,7,12-13,18-20H2,1-3H3;3-5,9-10,15-16,20-22,26,28,38H,6-8,17-19H2,1-2H3;2-4,8-9,14-15,19-20,24,26,36H,5-7,16-18H2,1H3. The van der Waals surface area contributed by atoms with E-state index in [-0.39, 0.29) is 52.3 Å². The summed E-state index contributed by atoms with van der Waals surface area (Å²) in [4.78, 5) is 80.7. The summed E-state index contributed by atoms with van der Waals surface area (Å²) in [6.45, 7) is 12.7. The normalized spacial score (nSPS) is 20.1. The van der Waals surface area contributed by atoms with E-state index in [0.29, 0.717) is 81.6 Å². The van der Waals surface area contributed by atoms with Gasteiger partial charge in [0.05, 0.1) is 110 Å². The number of carbonyl (C=O) groups is 3. The minimum absolute atomic E-state index is 0.0141. The number of aromatic hydroxyl groups is 3. The van der Waals surface area contributed by atoms with Gasteiger partial charge in [-0.25, -0.2) is 14.0 Å². The van der Waals surface area contributed by atoms with Gasteiger partial charge in [0.25, 0.3) is 17.7 Å². The van der Waals surface area contributed by atoms with Crippen molar-refractivity contribution in [1.82, 2.24) is 73.4 Å². The highest BCUT2D eigenvalue weighted by atomic mass is 16.5. The summed E-state index contributed by atoms with van der Waals surface area (Å²) < 4.78 is 25.8. The molecule has 0 bridgehead atoms. The maximum Gasteiger partial charge on any atom is 0.276 e. The summed E-state index contributed by atoms with van der Waals surface area (Å²) >= 11 is 0. The number of rotatable bonds is 10. The molecule has 27 nitrogen and oxygen atoms in total. The molecule has 6 atom stereocenters. The summed E-state index contributed by atoms with van der Waals surface area (Å²) in [5.41, 5.74) is 4.15. The van der Waals surface area contributed by atoms with Crippen LogP contribution in [0.15, 0.2) is 143 Å². The number of hydrogen-bond acceptors (Lipinski definition) is 18. The molecule has 118 heavy (non-hydrogen) atoms. The SMILES string of the molecule is CC(C)N1CC(C(c2ccccc2)n2cc(C#CC3COC3)c(C#CC3CCC3)n2)n2ncc(=O)c(O)c2C1=O.CN1CC(C(c2ccccc2)n2cc(C#CC3(C)COC3)c(C#CC3(C)CCC3)n2)n2ncc(=O)c(O)c2C1=O.CN1CC(C(c2ccccc2)n2cc(C#CC3COC3)c(C#CC3CCC3)n2)n2ncc(=O)c(O)c2C1=O. The van der Waals surface area contributed by atoms with Crippen molar-refractivity contribution in [2.45, 2.75) is 128 Å². The van der Waals surface area contributed by atoms with E-state index in [1.165, 1.54) is 43.1 Å². The van der Waals surface area contributed by atoms with Gasteiger partial charge < -0.3 is 44.2 Å². The first-order valence-electron chi connectivity index (χ1n) is 40.1. The zero-order valence-electron chi connectivity index (χ0n) is 66.4. The predicted octanol–water partition coefficient (Wildman–Crippen LogP) is 8.19. The number of benzene rings is 3. The van der Waals surface area contributed by atoms with Gasteiger partial charge in [-0.1, -0.05) is 164 Å². The summed E-state index contributed by atoms with van der Waals surface area (Å²) in [5, 5.41) is 59.6. The highest BCUT2D eigenvalue weighted by Crippen LogP contribution is 2.43. The largest absolute Gasteiger partial charge is 0.502 e. The number of likely N-dealkylation sites (N-methyl/N-ethyl adjacent to an activating group) is 2. The first-order chi connectivity index (χ1) is 57.1. The third-order valence-corrected chi connectivity index (χ3v) is 23.3. The maximum absolute atomic E-state index is 13.4. The van der Waals surface area contributed by atoms with Gasteiger partial charge in [0.1, 0.15) is 18.1 Å². The Labute approximate surface area is 681 Å². The van der Waals surface area contributed by atoms with Gasteiger partial charge in [-0.2, -0.15) is 30.6 Å². The van der Waals surface area contributed by atoms with Crippen LogP contribution in [0.5, 0.6) is 17.2 Å². The lowest BCUT2D eigenvalue weighted by Crippen LogP contribution is -2.50. The Morgan fingerprint density at radius 1 is 0.424 bits per heavy atom. The second-order valence-corrected chi connectivity index (χ2v) is 32.5. The van der Waals surface area contributed by atoms with Crippen molar-refractivity contribution in [2.75, 3.05) is 73.4 Å². The average Bonchev–Trinajstić information content (AvgIpc) is 1.27. The second kappa shape index (κ2) is 33.3. The van der Waals surface area contributed by atoms with Gasteiger partial charge in [-0.05, 0) is 101 Å². The molecule has 9 aliphatic rings. The van der Waals surface area contributed by atoms with E-state index in [4.69, 9.17) is 29.5 Å². The van der Waals surface area contributed by atoms with Gasteiger partial charge in [-0.15, -0.1) is 0 Å². The van der Waals surface area contributed by atoms with Crippen molar-refractivity contribution < 1.29 is 43.9 Å². The molecular weight excluding hydrogens is 1500 g/mol. The fourth-order valence-electron chi connectivity index (χ4n) is 15.6. The van der Waals surface area contributed by atoms with Gasteiger partial charge in [0.2, 0.25) is 16.3 Å². The lowest BCUT2D eigenvalue weighted by molar-refractivity contribution is -0.0648. The highest BCUT2D eigenvalue weighted by molar-refractivity contribution is 5.97. The zero-order chi connectivity index (χ0) is 82.1. The number of hydrogen-bond donors (Lipinski definition) is 3. The van der Waals surface area contributed by atoms with E-state index in [9.17, 15) is 44.1 Å². The number of nitrogens with zero attached hydrogens (tertiary/aromatic N) is 15. The topological polar surface area (TPSA) is 307 Å². The maximum atomic E-state index is 13.4. The van der Waals surface area contributed by atoms with Crippen LogP contribution >= 0.6 is 0 Å². The van der Waals surface area contributed by atoms with Crippen LogP contribution in [0, 0.1) is 106 Å². The number of fused-ring (bicyclic) bond motifs is 3. The molecule has 3 amide bonds. The van der Waals surface area contributed by atoms with Crippen LogP contribution < -0.4 is 16.3 Å². The van der Waals surface area contributed by atoms with Crippen LogP contribution in [0.25, 0.3) is 0 Å². The molecule has 27 heteroatoms. The Hall–Kier alpha value is -13.0. The zero-order valence-corrected chi connectivity index (χ0v) is 66.4. The molecule has 0 radical (unpaired) electrons. The average molecular weight is 1580 g/mol. The van der Waals surface area contributed by atoms with Crippen molar-refractivity contribution in [3.8, 4) is 88.3 Å². The quantitative estimate of drug-likeness (QED) is 0.109. The van der Waals surface area contributed by atoms with Gasteiger partial charge >= 0.3 is 0 Å². The number of ether oxygens (including phenoxy) is 3. The van der Waals surface area contributed by atoms with Crippen LogP contribution in [-0.2, 0) is 14.2 Å². The highest BCUT2D eigenvalue weighted by Gasteiger charge is 2.45. The molecule has 6 aromatic heterocycles. The molecule has 6 fully saturated rings. The lowest BCUT2D eigenvalue weighted by Gasteiger charge is -2.40. The fraction of sp³-hybridized carbons (Fsp3) is 0.407. The monoisotopic (exact) mass is 1580 g/mol. The molecule has 3 saturated carbocycles. The molecular formula is C91H89N15O12. The minimum atomic E-state index is -0.697. The molecule has 3 N–H and O–H groups in total. The molecule has 3 saturated heterocycles. The summed E-state index contributed by atoms with van der Waals surface area (Å²) in [5.74, 6) is 37.9. The molecule has 600 valence electrons. The lowest BCUT2D eigenvalue weighted by atomic mass is 9.71. The van der Waals surface area contributed by atoms with Crippen LogP contribution in [0.3, 0.4) is 0 Å². The van der Waals surface area contributed by atoms with Crippen molar-refractivity contribution in [2.24, 2.45) is 34.5 Å². The van der Waals surface area contributed by atoms with E-state index in [0.717, 1.165) is 90.5 Å². The van der Waals surface area contributed by atoms with E-state index < -0.39 is 87.5 Å². The van der Waals surface area contributed by atoms with Crippen LogP contribution in [0.4, 0.5) is 0 Å². The van der Waals surface area contributed by atoms with Crippen LogP contribution in [-0.4, -0.2) is 186 Å². The smallest absolute Gasteiger partial charge is 0.276 e. The van der Waals surface area contributed by atoms with E-state index >= 15 is 0 Å². The Morgan fingerprint density at radius 2 is 0.780 bits per heavy atom. The van der Waals surface area contributed by atoms with Crippen LogP contribution in [0.1, 0.15) is 204 Å². The van der Waals surface area contributed by atoms with E-state index in [1.807, 2.05) is 137 Å². The summed E-state index contributed by atoms with van der Waals surface area (Å²) in [6, 6.07) is 26.5. The van der Waals surface area contributed by atoms with Crippen LogP contribution in [0.2, 0.25) is 0 Å². The molecule has 3 aliphatic carbocycles. The number of amides is 3. The second-order valence-electron chi connectivity index (χ2n) is 32.5. The van der Waals surface area contributed by atoms with E-state index in [1.54, 1.807) is 19.0 Å². The van der Waals surface area contributed by atoms with Gasteiger partial charge in [0, 0.05) is 75.6 Å². The van der Waals surface area contributed by atoms with Crippen molar-refractivity contribution in [1.29, 1.82) is 0 Å². The van der Waals surface area contributed by atoms with E-state index in [2.05, 4.69) is 100 Å². The van der Waals surface area contributed by atoms with Crippen molar-refractivity contribution in [3.63, 3.8) is 0 Å². The number of carbonyl (C=O) groups excluding carboxylic acids is 3. The third-order valence-electron chi connectivity index (χ3n) is 23.3. The van der Waals surface area contributed by atoms with Gasteiger partial charge in [0.15, 0.2) is 51.4 Å². The Balaban J connectivity index is 0.000000132. The molecule has 9 aromatic rings. The first kappa shape index (κ1) is 78.8. The fourth-order valence-corrected chi connectivity index (χ4v) is 15.6. The number of aromatic nitrogens is 12. The van der Waals surface area contributed by atoms with Gasteiger partial charge in [-0.3, -0.25) is 42.8 Å².